The number of pyridine rings is 1. The number of nitrogens with zero attached hydrogens (tertiary/aromatic N) is 2. The zero-order chi connectivity index (χ0) is 22.8. The van der Waals surface area contributed by atoms with E-state index < -0.39 is 9.84 Å². The van der Waals surface area contributed by atoms with Crippen molar-refractivity contribution in [3.05, 3.63) is 96.2 Å². The van der Waals surface area contributed by atoms with Crippen LogP contribution in [0, 0.1) is 6.92 Å². The van der Waals surface area contributed by atoms with Crippen molar-refractivity contribution in [1.29, 1.82) is 0 Å². The molecule has 5 nitrogen and oxygen atoms in total. The summed E-state index contributed by atoms with van der Waals surface area (Å²) in [7, 11) is -3.68. The van der Waals surface area contributed by atoms with E-state index in [4.69, 9.17) is 0 Å². The maximum absolute atomic E-state index is 13.7. The molecular formula is C27H28N3O2S+. The van der Waals surface area contributed by atoms with Crippen molar-refractivity contribution in [2.24, 2.45) is 0 Å². The summed E-state index contributed by atoms with van der Waals surface area (Å²) in [4.78, 5) is 8.53. The number of sulfone groups is 1. The molecular weight excluding hydrogens is 430 g/mol. The van der Waals surface area contributed by atoms with Gasteiger partial charge in [0.2, 0.25) is 15.4 Å². The van der Waals surface area contributed by atoms with E-state index in [0.29, 0.717) is 9.79 Å². The molecule has 0 atom stereocenters. The third-order valence-electron chi connectivity index (χ3n) is 6.33. The zero-order valence-corrected chi connectivity index (χ0v) is 19.6. The van der Waals surface area contributed by atoms with Crippen LogP contribution >= 0.6 is 0 Å². The van der Waals surface area contributed by atoms with Gasteiger partial charge in [0.15, 0.2) is 11.1 Å². The van der Waals surface area contributed by atoms with E-state index >= 15 is 0 Å². The summed E-state index contributed by atoms with van der Waals surface area (Å²) in [5.41, 5.74) is 4.06. The van der Waals surface area contributed by atoms with Gasteiger partial charge in [-0.05, 0) is 30.7 Å². The van der Waals surface area contributed by atoms with Crippen LogP contribution in [0.2, 0.25) is 0 Å². The minimum Gasteiger partial charge on any atom is -0.367 e. The fourth-order valence-electron chi connectivity index (χ4n) is 4.51. The highest BCUT2D eigenvalue weighted by Gasteiger charge is 2.30. The molecule has 3 aromatic carbocycles. The van der Waals surface area contributed by atoms with Crippen LogP contribution in [0.5, 0.6) is 0 Å². The van der Waals surface area contributed by atoms with Gasteiger partial charge in [0, 0.05) is 38.8 Å². The Morgan fingerprint density at radius 1 is 0.818 bits per heavy atom. The third kappa shape index (κ3) is 4.36. The maximum Gasteiger partial charge on any atom is 0.214 e. The molecule has 1 aliphatic heterocycles. The number of hydrogen-bond donors (Lipinski definition) is 0. The van der Waals surface area contributed by atoms with Gasteiger partial charge < -0.3 is 4.90 Å². The van der Waals surface area contributed by atoms with E-state index in [1.807, 2.05) is 49.4 Å². The van der Waals surface area contributed by atoms with E-state index in [-0.39, 0.29) is 0 Å². The molecule has 0 amide bonds. The Bertz CT molecular complexity index is 1360. The van der Waals surface area contributed by atoms with Crippen molar-refractivity contribution in [2.45, 2.75) is 23.3 Å². The first-order chi connectivity index (χ1) is 16.0. The van der Waals surface area contributed by atoms with Crippen LogP contribution in [0.1, 0.15) is 11.1 Å². The van der Waals surface area contributed by atoms with Crippen LogP contribution < -0.4 is 9.88 Å². The number of fused-ring (bicyclic) bond motifs is 1. The molecule has 1 aliphatic rings. The molecule has 0 spiro atoms. The lowest BCUT2D eigenvalue weighted by Gasteiger charge is -2.37. The Hall–Kier alpha value is -3.22. The van der Waals surface area contributed by atoms with Crippen molar-refractivity contribution >= 4 is 26.4 Å². The van der Waals surface area contributed by atoms with Gasteiger partial charge in [-0.2, -0.15) is 0 Å². The largest absolute Gasteiger partial charge is 0.367 e. The van der Waals surface area contributed by atoms with Gasteiger partial charge in [0.05, 0.1) is 16.0 Å². The van der Waals surface area contributed by atoms with Crippen LogP contribution in [0.3, 0.4) is 0 Å². The monoisotopic (exact) mass is 458 g/mol. The molecule has 5 rings (SSSR count). The van der Waals surface area contributed by atoms with Crippen LogP contribution in [0.15, 0.2) is 94.9 Å². The minimum absolute atomic E-state index is 0.320. The molecule has 0 radical (unpaired) electrons. The van der Waals surface area contributed by atoms with E-state index in [0.717, 1.165) is 54.9 Å². The molecule has 1 saturated heterocycles. The molecule has 2 heterocycles. The first-order valence-corrected chi connectivity index (χ1v) is 12.8. The fraction of sp³-hybridized carbons (Fsp3) is 0.222. The second-order valence-electron chi connectivity index (χ2n) is 8.61. The summed E-state index contributed by atoms with van der Waals surface area (Å²) in [5, 5.41) is 0.933. The van der Waals surface area contributed by atoms with Crippen LogP contribution in [-0.2, 0) is 16.4 Å². The fourth-order valence-corrected chi connectivity index (χ4v) is 5.96. The highest BCUT2D eigenvalue weighted by molar-refractivity contribution is 7.91. The molecule has 0 aliphatic carbocycles. The lowest BCUT2D eigenvalue weighted by Crippen LogP contribution is -2.46. The summed E-state index contributed by atoms with van der Waals surface area (Å²) < 4.78 is 27.4. The van der Waals surface area contributed by atoms with Crippen molar-refractivity contribution in [2.75, 3.05) is 31.1 Å². The molecule has 4 aromatic rings. The van der Waals surface area contributed by atoms with Crippen molar-refractivity contribution < 1.29 is 13.4 Å². The number of aromatic nitrogens is 1. The lowest BCUT2D eigenvalue weighted by molar-refractivity contribution is -0.347. The zero-order valence-electron chi connectivity index (χ0n) is 18.7. The predicted octanol–water partition coefficient (Wildman–Crippen LogP) is 4.12. The Morgan fingerprint density at radius 3 is 2.21 bits per heavy atom. The molecule has 33 heavy (non-hydrogen) atoms. The molecule has 0 saturated carbocycles. The highest BCUT2D eigenvalue weighted by atomic mass is 32.2. The molecule has 0 unspecified atom stereocenters. The Morgan fingerprint density at radius 2 is 1.48 bits per heavy atom. The van der Waals surface area contributed by atoms with E-state index in [1.54, 1.807) is 18.3 Å². The average Bonchev–Trinajstić information content (AvgIpc) is 2.85. The number of nitrogens with one attached hydrogen (secondary N) is 1. The Labute approximate surface area is 195 Å². The molecule has 1 aromatic heterocycles. The van der Waals surface area contributed by atoms with E-state index in [1.165, 1.54) is 5.56 Å². The van der Waals surface area contributed by atoms with Crippen LogP contribution in [-0.4, -0.2) is 39.5 Å². The van der Waals surface area contributed by atoms with E-state index in [2.05, 4.69) is 39.0 Å². The number of rotatable bonds is 5. The van der Waals surface area contributed by atoms with Crippen LogP contribution in [0.4, 0.5) is 5.69 Å². The first-order valence-electron chi connectivity index (χ1n) is 11.3. The molecule has 168 valence electrons. The molecule has 1 fully saturated rings. The standard InChI is InChI=1S/C27H27N3O2S/c1-21-11-13-23(14-12-21)33(31,32)26-19-28-25-10-6-5-9-24(25)27(26)30-17-15-29(16-18-30)20-22-7-3-2-4-8-22/h2-14,19H,15-18,20H2,1H3/p+1. The highest BCUT2D eigenvalue weighted by Crippen LogP contribution is 2.35. The van der Waals surface area contributed by atoms with Crippen molar-refractivity contribution in [1.82, 2.24) is 4.90 Å². The molecule has 1 N–H and O–H groups in total. The molecule has 0 bridgehead atoms. The number of anilines is 1. The van der Waals surface area contributed by atoms with Gasteiger partial charge in [-0.3, -0.25) is 4.90 Å². The number of hydrogen-bond acceptors (Lipinski definition) is 4. The Kier molecular flexibility index (Phi) is 5.87. The van der Waals surface area contributed by atoms with Gasteiger partial charge in [0.25, 0.3) is 0 Å². The number of aryl methyl sites for hydroxylation is 1. The maximum atomic E-state index is 13.7. The SMILES string of the molecule is Cc1ccc(S(=O)(=O)c2c[nH+]c3ccccc3c2N2CCN(Cc3ccccc3)CC2)cc1. The quantitative estimate of drug-likeness (QED) is 0.452. The summed E-state index contributed by atoms with van der Waals surface area (Å²) in [6.45, 7) is 6.18. The lowest BCUT2D eigenvalue weighted by atomic mass is 10.1. The topological polar surface area (TPSA) is 54.8 Å². The third-order valence-corrected chi connectivity index (χ3v) is 8.12. The number of benzene rings is 3. The number of H-pyrrole nitrogens is 1. The summed E-state index contributed by atoms with van der Waals surface area (Å²) in [6.07, 6.45) is 1.66. The van der Waals surface area contributed by atoms with Gasteiger partial charge in [-0.1, -0.05) is 60.2 Å². The second kappa shape index (κ2) is 8.96. The first kappa shape index (κ1) is 21.6. The molecule has 6 heteroatoms. The number of para-hydroxylation sites is 1. The van der Waals surface area contributed by atoms with Gasteiger partial charge >= 0.3 is 0 Å². The van der Waals surface area contributed by atoms with Crippen molar-refractivity contribution in [3.8, 4) is 0 Å². The second-order valence-corrected chi connectivity index (χ2v) is 10.5. The van der Waals surface area contributed by atoms with Gasteiger partial charge in [-0.25, -0.2) is 13.4 Å². The summed E-state index contributed by atoms with van der Waals surface area (Å²) in [6, 6.07) is 25.5. The Balaban J connectivity index is 1.50. The summed E-state index contributed by atoms with van der Waals surface area (Å²) >= 11 is 0. The predicted molar refractivity (Wildman–Crippen MR) is 131 cm³/mol. The number of aromatic amines is 1. The van der Waals surface area contributed by atoms with Gasteiger partial charge in [0.1, 0.15) is 0 Å². The smallest absolute Gasteiger partial charge is 0.214 e. The van der Waals surface area contributed by atoms with E-state index in [9.17, 15) is 8.42 Å². The van der Waals surface area contributed by atoms with Crippen molar-refractivity contribution in [3.63, 3.8) is 0 Å². The normalized spacial score (nSPS) is 15.1. The van der Waals surface area contributed by atoms with Crippen LogP contribution in [0.25, 0.3) is 10.9 Å². The summed E-state index contributed by atoms with van der Waals surface area (Å²) in [5.74, 6) is 0. The average molecular weight is 459 g/mol. The number of piperazine rings is 1. The minimum atomic E-state index is -3.68. The van der Waals surface area contributed by atoms with Gasteiger partial charge in [-0.15, -0.1) is 0 Å².